The average Bonchev–Trinajstić information content (AvgIpc) is 2.64. The lowest BCUT2D eigenvalue weighted by molar-refractivity contribution is 0.0625. The van der Waals surface area contributed by atoms with Crippen LogP contribution in [0.2, 0.25) is 0 Å². The van der Waals surface area contributed by atoms with Gasteiger partial charge in [0.05, 0.1) is 4.90 Å². The fraction of sp³-hybridized carbons (Fsp3) is 0.632. The highest BCUT2D eigenvalue weighted by Crippen LogP contribution is 2.18. The fourth-order valence-electron chi connectivity index (χ4n) is 3.12. The predicted molar refractivity (Wildman–Crippen MR) is 121 cm³/mol. The van der Waals surface area contributed by atoms with Gasteiger partial charge in [0.1, 0.15) is 0 Å². The molecule has 1 aromatic rings. The van der Waals surface area contributed by atoms with Crippen molar-refractivity contribution in [3.8, 4) is 0 Å². The Balaban J connectivity index is 0.00000364. The van der Waals surface area contributed by atoms with E-state index in [4.69, 9.17) is 4.74 Å². The molecule has 1 saturated heterocycles. The van der Waals surface area contributed by atoms with Gasteiger partial charge in [-0.25, -0.2) is 8.42 Å². The van der Waals surface area contributed by atoms with E-state index in [0.717, 1.165) is 69.4 Å². The minimum atomic E-state index is -3.13. The maximum atomic E-state index is 11.5. The molecule has 27 heavy (non-hydrogen) atoms. The zero-order valence-electron chi connectivity index (χ0n) is 16.5. The van der Waals surface area contributed by atoms with Crippen molar-refractivity contribution < 1.29 is 13.2 Å². The molecule has 8 heteroatoms. The highest BCUT2D eigenvalue weighted by Gasteiger charge is 2.15. The summed E-state index contributed by atoms with van der Waals surface area (Å²) in [7, 11) is 0.731. The zero-order valence-corrected chi connectivity index (χ0v) is 19.6. The van der Waals surface area contributed by atoms with E-state index in [0.29, 0.717) is 4.90 Å². The second-order valence-electron chi connectivity index (χ2n) is 6.91. The van der Waals surface area contributed by atoms with Crippen molar-refractivity contribution in [2.75, 3.05) is 46.7 Å². The van der Waals surface area contributed by atoms with Crippen LogP contribution in [0.1, 0.15) is 24.8 Å². The first-order chi connectivity index (χ1) is 12.4. The highest BCUT2D eigenvalue weighted by molar-refractivity contribution is 14.0. The number of ether oxygens (including phenoxy) is 1. The van der Waals surface area contributed by atoms with Crippen LogP contribution in [-0.2, 0) is 21.0 Å². The number of benzene rings is 1. The molecule has 1 N–H and O–H groups in total. The molecule has 0 bridgehead atoms. The molecule has 0 atom stereocenters. The number of halogens is 1. The van der Waals surface area contributed by atoms with E-state index in [1.54, 1.807) is 19.2 Å². The van der Waals surface area contributed by atoms with E-state index in [-0.39, 0.29) is 24.0 Å². The van der Waals surface area contributed by atoms with Gasteiger partial charge in [-0.05, 0) is 49.3 Å². The topological polar surface area (TPSA) is 71.0 Å². The Morgan fingerprint density at radius 3 is 2.44 bits per heavy atom. The number of aliphatic imine (C=N–C) groups is 1. The molecule has 1 aliphatic rings. The average molecular weight is 509 g/mol. The Hall–Kier alpha value is -0.870. The molecular formula is C19H32IN3O3S. The van der Waals surface area contributed by atoms with Gasteiger partial charge in [-0.15, -0.1) is 24.0 Å². The SMILES string of the molecule is CN=C(NCCc1ccc(S(C)(=O)=O)cc1)N(C)CCC1CCOCC1.I. The molecule has 1 aromatic carbocycles. The van der Waals surface area contributed by atoms with Gasteiger partial charge in [-0.3, -0.25) is 4.99 Å². The van der Waals surface area contributed by atoms with E-state index in [9.17, 15) is 8.42 Å². The van der Waals surface area contributed by atoms with Gasteiger partial charge in [0, 0.05) is 46.7 Å². The maximum Gasteiger partial charge on any atom is 0.193 e. The van der Waals surface area contributed by atoms with E-state index in [1.165, 1.54) is 6.26 Å². The molecule has 1 aliphatic heterocycles. The molecule has 6 nitrogen and oxygen atoms in total. The fourth-order valence-corrected chi connectivity index (χ4v) is 3.75. The van der Waals surface area contributed by atoms with Gasteiger partial charge >= 0.3 is 0 Å². The maximum absolute atomic E-state index is 11.5. The minimum absolute atomic E-state index is 0. The molecule has 1 fully saturated rings. The van der Waals surface area contributed by atoms with E-state index in [1.807, 2.05) is 12.1 Å². The third-order valence-electron chi connectivity index (χ3n) is 4.84. The Kier molecular flexibility index (Phi) is 10.6. The van der Waals surface area contributed by atoms with Crippen LogP contribution >= 0.6 is 24.0 Å². The smallest absolute Gasteiger partial charge is 0.193 e. The van der Waals surface area contributed by atoms with Crippen LogP contribution in [0.15, 0.2) is 34.2 Å². The van der Waals surface area contributed by atoms with Gasteiger partial charge < -0.3 is 15.0 Å². The summed E-state index contributed by atoms with van der Waals surface area (Å²) >= 11 is 0. The summed E-state index contributed by atoms with van der Waals surface area (Å²) < 4.78 is 28.4. The largest absolute Gasteiger partial charge is 0.381 e. The van der Waals surface area contributed by atoms with Crippen molar-refractivity contribution in [2.24, 2.45) is 10.9 Å². The standard InChI is InChI=1S/C19H31N3O3S.HI/c1-20-19(22(2)13-9-17-10-14-25-15-11-17)21-12-8-16-4-6-18(7-5-16)26(3,23)24;/h4-7,17H,8-15H2,1-3H3,(H,20,21);1H. The van der Waals surface area contributed by atoms with E-state index in [2.05, 4.69) is 22.3 Å². The van der Waals surface area contributed by atoms with Gasteiger partial charge in [0.25, 0.3) is 0 Å². The van der Waals surface area contributed by atoms with Crippen LogP contribution in [0.25, 0.3) is 0 Å². The molecular weight excluding hydrogens is 477 g/mol. The second kappa shape index (κ2) is 11.9. The monoisotopic (exact) mass is 509 g/mol. The number of hydrogen-bond acceptors (Lipinski definition) is 4. The molecule has 2 rings (SSSR count). The van der Waals surface area contributed by atoms with Crippen molar-refractivity contribution in [1.82, 2.24) is 10.2 Å². The summed E-state index contributed by atoms with van der Waals surface area (Å²) in [6.45, 7) is 3.51. The Labute approximate surface area is 180 Å². The first kappa shape index (κ1) is 24.2. The van der Waals surface area contributed by atoms with Crippen LogP contribution in [-0.4, -0.2) is 65.9 Å². The summed E-state index contributed by atoms with van der Waals surface area (Å²) in [5.74, 6) is 1.64. The summed E-state index contributed by atoms with van der Waals surface area (Å²) in [4.78, 5) is 6.88. The Bertz CT molecular complexity index is 687. The molecule has 0 amide bonds. The molecule has 154 valence electrons. The number of hydrogen-bond donors (Lipinski definition) is 1. The van der Waals surface area contributed by atoms with Crippen molar-refractivity contribution in [1.29, 1.82) is 0 Å². The molecule has 1 heterocycles. The molecule has 0 unspecified atom stereocenters. The molecule has 0 aliphatic carbocycles. The van der Waals surface area contributed by atoms with Crippen LogP contribution < -0.4 is 5.32 Å². The van der Waals surface area contributed by atoms with Crippen molar-refractivity contribution in [3.63, 3.8) is 0 Å². The van der Waals surface area contributed by atoms with Crippen molar-refractivity contribution in [3.05, 3.63) is 29.8 Å². The van der Waals surface area contributed by atoms with Gasteiger partial charge in [-0.1, -0.05) is 12.1 Å². The zero-order chi connectivity index (χ0) is 19.0. The lowest BCUT2D eigenvalue weighted by Gasteiger charge is -2.26. The quantitative estimate of drug-likeness (QED) is 0.348. The van der Waals surface area contributed by atoms with Crippen LogP contribution in [0.5, 0.6) is 0 Å². The Morgan fingerprint density at radius 2 is 1.89 bits per heavy atom. The van der Waals surface area contributed by atoms with Crippen LogP contribution in [0.4, 0.5) is 0 Å². The number of nitrogens with zero attached hydrogens (tertiary/aromatic N) is 2. The van der Waals surface area contributed by atoms with Crippen LogP contribution in [0, 0.1) is 5.92 Å². The minimum Gasteiger partial charge on any atom is -0.381 e. The van der Waals surface area contributed by atoms with Gasteiger partial charge in [-0.2, -0.15) is 0 Å². The second-order valence-corrected chi connectivity index (χ2v) is 8.92. The first-order valence-electron chi connectivity index (χ1n) is 9.18. The summed E-state index contributed by atoms with van der Waals surface area (Å²) in [6, 6.07) is 7.07. The normalized spacial score (nSPS) is 15.9. The number of sulfone groups is 1. The molecule has 0 saturated carbocycles. The summed E-state index contributed by atoms with van der Waals surface area (Å²) in [5.41, 5.74) is 1.10. The highest BCUT2D eigenvalue weighted by atomic mass is 127. The molecule has 0 aromatic heterocycles. The molecule has 0 spiro atoms. The van der Waals surface area contributed by atoms with E-state index >= 15 is 0 Å². The number of guanidine groups is 1. The predicted octanol–water partition coefficient (Wildman–Crippen LogP) is 2.57. The van der Waals surface area contributed by atoms with Gasteiger partial charge in [0.15, 0.2) is 15.8 Å². The first-order valence-corrected chi connectivity index (χ1v) is 11.1. The third kappa shape index (κ3) is 8.35. The molecule has 0 radical (unpaired) electrons. The van der Waals surface area contributed by atoms with Crippen LogP contribution in [0.3, 0.4) is 0 Å². The third-order valence-corrected chi connectivity index (χ3v) is 5.96. The summed E-state index contributed by atoms with van der Waals surface area (Å²) in [5, 5.41) is 3.38. The number of nitrogens with one attached hydrogen (secondary N) is 1. The number of rotatable bonds is 7. The Morgan fingerprint density at radius 1 is 1.26 bits per heavy atom. The van der Waals surface area contributed by atoms with Crippen molar-refractivity contribution >= 4 is 39.8 Å². The van der Waals surface area contributed by atoms with Gasteiger partial charge in [0.2, 0.25) is 0 Å². The lowest BCUT2D eigenvalue weighted by atomic mass is 9.96. The summed E-state index contributed by atoms with van der Waals surface area (Å²) in [6.07, 6.45) is 5.51. The van der Waals surface area contributed by atoms with Crippen molar-refractivity contribution in [2.45, 2.75) is 30.6 Å². The lowest BCUT2D eigenvalue weighted by Crippen LogP contribution is -2.40. The van der Waals surface area contributed by atoms with E-state index < -0.39 is 9.84 Å².